The van der Waals surface area contributed by atoms with Crippen LogP contribution in [-0.2, 0) is 11.2 Å². The highest BCUT2D eigenvalue weighted by Crippen LogP contribution is 2.15. The Balaban J connectivity index is 2.49. The maximum atomic E-state index is 13.6. The van der Waals surface area contributed by atoms with E-state index in [1.165, 1.54) is 24.3 Å². The average molecular weight is 278 g/mol. The highest BCUT2D eigenvalue weighted by atomic mass is 19.1. The zero-order valence-electron chi connectivity index (χ0n) is 10.3. The Morgan fingerprint density at radius 3 is 2.70 bits per heavy atom. The van der Waals surface area contributed by atoms with Crippen LogP contribution < -0.4 is 5.56 Å². The van der Waals surface area contributed by atoms with Crippen molar-refractivity contribution in [2.24, 2.45) is 0 Å². The predicted molar refractivity (Wildman–Crippen MR) is 67.4 cm³/mol. The van der Waals surface area contributed by atoms with Gasteiger partial charge in [-0.2, -0.15) is 9.78 Å². The van der Waals surface area contributed by atoms with Crippen molar-refractivity contribution in [1.82, 2.24) is 9.78 Å². The molecule has 20 heavy (non-hydrogen) atoms. The summed E-state index contributed by atoms with van der Waals surface area (Å²) in [6.45, 7) is 0. The lowest BCUT2D eigenvalue weighted by molar-refractivity contribution is -0.136. The number of rotatable bonds is 4. The molecule has 0 aliphatic carbocycles. The van der Waals surface area contributed by atoms with E-state index < -0.39 is 23.1 Å². The summed E-state index contributed by atoms with van der Waals surface area (Å²) >= 11 is 0. The molecule has 0 aliphatic heterocycles. The first-order chi connectivity index (χ1) is 9.49. The van der Waals surface area contributed by atoms with Gasteiger partial charge in [0.15, 0.2) is 0 Å². The summed E-state index contributed by atoms with van der Waals surface area (Å²) in [5, 5.41) is 22.0. The fourth-order valence-electron chi connectivity index (χ4n) is 1.68. The van der Waals surface area contributed by atoms with Gasteiger partial charge >= 0.3 is 5.97 Å². The number of nitrogens with zero attached hydrogens (tertiary/aromatic N) is 2. The smallest absolute Gasteiger partial charge is 0.303 e. The SMILES string of the molecule is O=C(O)CCc1nn(-c2ccccc2F)c(=O)cc1O. The third-order valence-corrected chi connectivity index (χ3v) is 2.64. The molecule has 6 nitrogen and oxygen atoms in total. The number of carbonyl (C=O) groups is 1. The fraction of sp³-hybridized carbons (Fsp3) is 0.154. The number of aliphatic carboxylic acids is 1. The highest BCUT2D eigenvalue weighted by molar-refractivity contribution is 5.67. The summed E-state index contributed by atoms with van der Waals surface area (Å²) in [4.78, 5) is 22.3. The van der Waals surface area contributed by atoms with Gasteiger partial charge in [0.05, 0.1) is 6.42 Å². The van der Waals surface area contributed by atoms with E-state index in [4.69, 9.17) is 5.11 Å². The molecule has 1 aromatic carbocycles. The van der Waals surface area contributed by atoms with Crippen LogP contribution in [0.15, 0.2) is 35.1 Å². The summed E-state index contributed by atoms with van der Waals surface area (Å²) in [6.07, 6.45) is -0.314. The van der Waals surface area contributed by atoms with E-state index in [1.807, 2.05) is 0 Å². The molecule has 0 fully saturated rings. The number of hydrogen-bond donors (Lipinski definition) is 2. The van der Waals surface area contributed by atoms with E-state index in [9.17, 15) is 19.1 Å². The molecule has 2 rings (SSSR count). The second-order valence-electron chi connectivity index (χ2n) is 4.07. The van der Waals surface area contributed by atoms with E-state index in [2.05, 4.69) is 5.10 Å². The van der Waals surface area contributed by atoms with E-state index in [0.29, 0.717) is 0 Å². The molecule has 0 spiro atoms. The van der Waals surface area contributed by atoms with Gasteiger partial charge in [-0.15, -0.1) is 0 Å². The Hall–Kier alpha value is -2.70. The first-order valence-corrected chi connectivity index (χ1v) is 5.78. The summed E-state index contributed by atoms with van der Waals surface area (Å²) < 4.78 is 14.4. The first kappa shape index (κ1) is 13.7. The van der Waals surface area contributed by atoms with Gasteiger partial charge in [0.25, 0.3) is 5.56 Å². The third kappa shape index (κ3) is 2.82. The summed E-state index contributed by atoms with van der Waals surface area (Å²) in [7, 11) is 0. The number of aryl methyl sites for hydroxylation is 1. The lowest BCUT2D eigenvalue weighted by Crippen LogP contribution is -2.22. The van der Waals surface area contributed by atoms with Crippen LogP contribution in [0.3, 0.4) is 0 Å². The lowest BCUT2D eigenvalue weighted by atomic mass is 10.2. The standard InChI is InChI=1S/C13H11FN2O4/c14-8-3-1-2-4-10(8)16-12(18)7-11(17)9(15-16)5-6-13(19)20/h1-4,7,17H,5-6H2,(H,19,20). The zero-order valence-corrected chi connectivity index (χ0v) is 10.3. The number of carboxylic acids is 1. The van der Waals surface area contributed by atoms with Gasteiger partial charge in [0.2, 0.25) is 0 Å². The van der Waals surface area contributed by atoms with Gasteiger partial charge in [-0.25, -0.2) is 4.39 Å². The van der Waals surface area contributed by atoms with Crippen molar-refractivity contribution in [3.8, 4) is 11.4 Å². The minimum absolute atomic E-state index is 0.0234. The number of para-hydroxylation sites is 1. The quantitative estimate of drug-likeness (QED) is 0.873. The number of aromatic nitrogens is 2. The summed E-state index contributed by atoms with van der Waals surface area (Å²) in [6, 6.07) is 6.43. The summed E-state index contributed by atoms with van der Waals surface area (Å²) in [5.74, 6) is -2.10. The highest BCUT2D eigenvalue weighted by Gasteiger charge is 2.13. The average Bonchev–Trinajstić information content (AvgIpc) is 2.39. The van der Waals surface area contributed by atoms with Crippen LogP contribution in [0, 0.1) is 5.82 Å². The van der Waals surface area contributed by atoms with Gasteiger partial charge in [-0.3, -0.25) is 9.59 Å². The Bertz CT molecular complexity index is 712. The van der Waals surface area contributed by atoms with Crippen molar-refractivity contribution in [2.45, 2.75) is 12.8 Å². The molecule has 0 aliphatic rings. The van der Waals surface area contributed by atoms with Crippen LogP contribution in [0.2, 0.25) is 0 Å². The number of carboxylic acid groups (broad SMARTS) is 1. The Morgan fingerprint density at radius 1 is 1.35 bits per heavy atom. The molecule has 7 heteroatoms. The molecule has 2 aromatic rings. The molecule has 0 saturated carbocycles. The molecule has 2 N–H and O–H groups in total. The Kier molecular flexibility index (Phi) is 3.79. The molecule has 0 amide bonds. The minimum Gasteiger partial charge on any atom is -0.506 e. The molecule has 0 bridgehead atoms. The maximum Gasteiger partial charge on any atom is 0.303 e. The topological polar surface area (TPSA) is 92.4 Å². The predicted octanol–water partition coefficient (Wildman–Crippen LogP) is 1.09. The van der Waals surface area contributed by atoms with Crippen molar-refractivity contribution in [1.29, 1.82) is 0 Å². The second kappa shape index (κ2) is 5.52. The number of aromatic hydroxyl groups is 1. The largest absolute Gasteiger partial charge is 0.506 e. The normalized spacial score (nSPS) is 10.4. The summed E-state index contributed by atoms with van der Waals surface area (Å²) in [5.41, 5.74) is -0.740. The van der Waals surface area contributed by atoms with E-state index in [1.54, 1.807) is 0 Å². The van der Waals surface area contributed by atoms with Crippen molar-refractivity contribution >= 4 is 5.97 Å². The van der Waals surface area contributed by atoms with Gasteiger partial charge in [0.1, 0.15) is 22.9 Å². The van der Waals surface area contributed by atoms with Crippen LogP contribution >= 0.6 is 0 Å². The molecule has 1 heterocycles. The first-order valence-electron chi connectivity index (χ1n) is 5.78. The van der Waals surface area contributed by atoms with Gasteiger partial charge in [0, 0.05) is 12.5 Å². The minimum atomic E-state index is -1.06. The zero-order chi connectivity index (χ0) is 14.7. The van der Waals surface area contributed by atoms with Crippen molar-refractivity contribution in [3.05, 3.63) is 52.2 Å². The van der Waals surface area contributed by atoms with Gasteiger partial charge in [-0.05, 0) is 12.1 Å². The molecular weight excluding hydrogens is 267 g/mol. The van der Waals surface area contributed by atoms with E-state index in [0.717, 1.165) is 10.7 Å². The molecule has 0 saturated heterocycles. The van der Waals surface area contributed by atoms with Gasteiger partial charge < -0.3 is 10.2 Å². The van der Waals surface area contributed by atoms with Gasteiger partial charge in [-0.1, -0.05) is 12.1 Å². The van der Waals surface area contributed by atoms with Crippen molar-refractivity contribution in [3.63, 3.8) is 0 Å². The second-order valence-corrected chi connectivity index (χ2v) is 4.07. The molecule has 0 atom stereocenters. The third-order valence-electron chi connectivity index (χ3n) is 2.64. The maximum absolute atomic E-state index is 13.6. The van der Waals surface area contributed by atoms with E-state index >= 15 is 0 Å². The molecule has 104 valence electrons. The van der Waals surface area contributed by atoms with E-state index in [-0.39, 0.29) is 24.2 Å². The monoisotopic (exact) mass is 278 g/mol. The molecule has 0 radical (unpaired) electrons. The van der Waals surface area contributed by atoms with Crippen LogP contribution in [0.5, 0.6) is 5.75 Å². The lowest BCUT2D eigenvalue weighted by Gasteiger charge is -2.08. The molecular formula is C13H11FN2O4. The van der Waals surface area contributed by atoms with Crippen LogP contribution in [0.25, 0.3) is 5.69 Å². The number of benzene rings is 1. The van der Waals surface area contributed by atoms with Crippen LogP contribution in [0.4, 0.5) is 4.39 Å². The van der Waals surface area contributed by atoms with Crippen LogP contribution in [-0.4, -0.2) is 26.0 Å². The fourth-order valence-corrected chi connectivity index (χ4v) is 1.68. The van der Waals surface area contributed by atoms with Crippen LogP contribution in [0.1, 0.15) is 12.1 Å². The van der Waals surface area contributed by atoms with Crippen molar-refractivity contribution in [2.75, 3.05) is 0 Å². The number of hydrogen-bond acceptors (Lipinski definition) is 4. The number of halogens is 1. The molecule has 0 unspecified atom stereocenters. The van der Waals surface area contributed by atoms with Crippen molar-refractivity contribution < 1.29 is 19.4 Å². The molecule has 1 aromatic heterocycles. The Morgan fingerprint density at radius 2 is 2.05 bits per heavy atom. The Labute approximate surface area is 112 Å².